The van der Waals surface area contributed by atoms with E-state index in [9.17, 15) is 0 Å². The summed E-state index contributed by atoms with van der Waals surface area (Å²) in [6, 6.07) is 20.7. The first kappa shape index (κ1) is 19.6. The maximum Gasteiger partial charge on any atom is 0.231 e. The monoisotopic (exact) mass is 437 g/mol. The van der Waals surface area contributed by atoms with Crippen molar-refractivity contribution in [1.82, 2.24) is 14.8 Å². The maximum atomic E-state index is 5.67. The third-order valence-electron chi connectivity index (χ3n) is 6.27. The van der Waals surface area contributed by atoms with Gasteiger partial charge in [0.1, 0.15) is 17.1 Å². The molecule has 0 aromatic heterocycles. The first-order valence-corrected chi connectivity index (χ1v) is 11.0. The SMILES string of the molecule is CCc1ccc(-c2nnc3c4cc5c(cc4n(Cc4ccccc4OC)cc2-3)OCO5)cc1. The molecule has 0 radical (unpaired) electrons. The molecule has 3 heterocycles. The van der Waals surface area contributed by atoms with Crippen molar-refractivity contribution < 1.29 is 14.2 Å². The minimum atomic E-state index is 0.225. The quantitative estimate of drug-likeness (QED) is 0.361. The summed E-state index contributed by atoms with van der Waals surface area (Å²) >= 11 is 0. The summed E-state index contributed by atoms with van der Waals surface area (Å²) in [6.07, 6.45) is 3.14. The summed E-state index contributed by atoms with van der Waals surface area (Å²) in [5.74, 6) is 2.33. The summed E-state index contributed by atoms with van der Waals surface area (Å²) in [7, 11) is 1.70. The summed E-state index contributed by atoms with van der Waals surface area (Å²) < 4.78 is 19.2. The van der Waals surface area contributed by atoms with E-state index in [1.54, 1.807) is 7.11 Å². The van der Waals surface area contributed by atoms with Gasteiger partial charge in [0.25, 0.3) is 0 Å². The molecule has 0 N–H and O–H groups in total. The van der Waals surface area contributed by atoms with Gasteiger partial charge in [0, 0.05) is 34.3 Å². The zero-order chi connectivity index (χ0) is 22.4. The van der Waals surface area contributed by atoms with Gasteiger partial charge in [-0.3, -0.25) is 0 Å². The number of aromatic nitrogens is 3. The lowest BCUT2D eigenvalue weighted by molar-refractivity contribution is 0.174. The normalized spacial score (nSPS) is 12.5. The number of hydrogen-bond donors (Lipinski definition) is 0. The van der Waals surface area contributed by atoms with Crippen molar-refractivity contribution in [3.8, 4) is 39.8 Å². The van der Waals surface area contributed by atoms with Crippen molar-refractivity contribution in [2.24, 2.45) is 0 Å². The number of para-hydroxylation sites is 1. The Morgan fingerprint density at radius 2 is 1.70 bits per heavy atom. The number of ether oxygens (including phenoxy) is 3. The molecule has 6 rings (SSSR count). The molecule has 0 bridgehead atoms. The van der Waals surface area contributed by atoms with E-state index in [0.717, 1.165) is 62.7 Å². The van der Waals surface area contributed by atoms with E-state index in [2.05, 4.69) is 58.2 Å². The fourth-order valence-electron chi connectivity index (χ4n) is 4.48. The van der Waals surface area contributed by atoms with Crippen LogP contribution in [0, 0.1) is 0 Å². The zero-order valence-corrected chi connectivity index (χ0v) is 18.5. The minimum absolute atomic E-state index is 0.225. The van der Waals surface area contributed by atoms with Crippen molar-refractivity contribution in [2.75, 3.05) is 13.9 Å². The third kappa shape index (κ3) is 3.26. The van der Waals surface area contributed by atoms with Gasteiger partial charge in [0.15, 0.2) is 11.5 Å². The lowest BCUT2D eigenvalue weighted by Crippen LogP contribution is -2.05. The molecule has 6 nitrogen and oxygen atoms in total. The van der Waals surface area contributed by atoms with Gasteiger partial charge >= 0.3 is 0 Å². The van der Waals surface area contributed by atoms with Gasteiger partial charge in [-0.25, -0.2) is 0 Å². The molecule has 3 aromatic rings. The molecule has 6 heteroatoms. The van der Waals surface area contributed by atoms with E-state index in [0.29, 0.717) is 6.54 Å². The highest BCUT2D eigenvalue weighted by Gasteiger charge is 2.24. The predicted molar refractivity (Wildman–Crippen MR) is 127 cm³/mol. The Hall–Kier alpha value is -4.06. The number of pyridine rings is 1. The van der Waals surface area contributed by atoms with E-state index in [-0.39, 0.29) is 6.79 Å². The van der Waals surface area contributed by atoms with Crippen LogP contribution in [0.5, 0.6) is 17.2 Å². The number of rotatable bonds is 5. The molecule has 0 unspecified atom stereocenters. The Bertz CT molecular complexity index is 1440. The van der Waals surface area contributed by atoms with Gasteiger partial charge in [0.2, 0.25) is 6.79 Å². The highest BCUT2D eigenvalue weighted by atomic mass is 16.7. The van der Waals surface area contributed by atoms with E-state index in [1.165, 1.54) is 5.56 Å². The van der Waals surface area contributed by atoms with Crippen molar-refractivity contribution >= 4 is 10.9 Å². The zero-order valence-electron chi connectivity index (χ0n) is 18.5. The number of aryl methyl sites for hydroxylation is 1. The highest BCUT2D eigenvalue weighted by Crippen LogP contribution is 2.42. The van der Waals surface area contributed by atoms with Crippen molar-refractivity contribution in [1.29, 1.82) is 0 Å². The molecule has 0 atom stereocenters. The third-order valence-corrected chi connectivity index (χ3v) is 6.27. The van der Waals surface area contributed by atoms with E-state index >= 15 is 0 Å². The largest absolute Gasteiger partial charge is 0.496 e. The van der Waals surface area contributed by atoms with Crippen LogP contribution in [0.4, 0.5) is 0 Å². The number of benzene rings is 3. The number of fused-ring (bicyclic) bond motifs is 4. The lowest BCUT2D eigenvalue weighted by Gasteiger charge is -2.17. The summed E-state index contributed by atoms with van der Waals surface area (Å²) in [4.78, 5) is 0. The molecule has 3 aliphatic heterocycles. The fourth-order valence-corrected chi connectivity index (χ4v) is 4.48. The molecule has 164 valence electrons. The molecule has 0 spiro atoms. The van der Waals surface area contributed by atoms with Gasteiger partial charge in [-0.2, -0.15) is 0 Å². The summed E-state index contributed by atoms with van der Waals surface area (Å²) in [5, 5.41) is 10.2. The predicted octanol–water partition coefficient (Wildman–Crippen LogP) is 5.55. The van der Waals surface area contributed by atoms with E-state index in [4.69, 9.17) is 14.2 Å². The van der Waals surface area contributed by atoms with Crippen LogP contribution in [0.3, 0.4) is 0 Å². The first-order valence-electron chi connectivity index (χ1n) is 11.0. The van der Waals surface area contributed by atoms with Gasteiger partial charge in [-0.1, -0.05) is 49.4 Å². The Labute approximate surface area is 191 Å². The molecule has 0 amide bonds. The molecule has 0 aliphatic carbocycles. The smallest absolute Gasteiger partial charge is 0.231 e. The fraction of sp³-hybridized carbons (Fsp3) is 0.185. The Morgan fingerprint density at radius 1 is 0.939 bits per heavy atom. The van der Waals surface area contributed by atoms with E-state index < -0.39 is 0 Å². The van der Waals surface area contributed by atoms with Gasteiger partial charge in [-0.15, -0.1) is 10.2 Å². The summed E-state index contributed by atoms with van der Waals surface area (Å²) in [5.41, 5.74) is 7.18. The first-order chi connectivity index (χ1) is 16.2. The number of hydrogen-bond acceptors (Lipinski definition) is 5. The van der Waals surface area contributed by atoms with Crippen LogP contribution in [0.1, 0.15) is 18.1 Å². The number of nitrogens with zero attached hydrogens (tertiary/aromatic N) is 3. The molecule has 3 aromatic carbocycles. The molecule has 0 fully saturated rings. The van der Waals surface area contributed by atoms with Crippen molar-refractivity contribution in [2.45, 2.75) is 19.9 Å². The average molecular weight is 437 g/mol. The molecular weight excluding hydrogens is 414 g/mol. The average Bonchev–Trinajstić information content (AvgIpc) is 3.50. The lowest BCUT2D eigenvalue weighted by atomic mass is 10.00. The van der Waals surface area contributed by atoms with Crippen LogP contribution < -0.4 is 14.2 Å². The van der Waals surface area contributed by atoms with Gasteiger partial charge < -0.3 is 18.8 Å². The topological polar surface area (TPSA) is 58.4 Å². The van der Waals surface area contributed by atoms with Crippen LogP contribution in [-0.4, -0.2) is 28.7 Å². The Kier molecular flexibility index (Phi) is 4.64. The van der Waals surface area contributed by atoms with Crippen molar-refractivity contribution in [3.05, 3.63) is 78.0 Å². The van der Waals surface area contributed by atoms with Crippen LogP contribution in [0.2, 0.25) is 0 Å². The standard InChI is InChI=1S/C27H23N3O3/c1-3-17-8-10-18(11-9-17)26-21-15-30(14-19-6-4-5-7-23(19)31-2)22-13-25-24(32-16-33-25)12-20(22)27(21)29-28-26/h4-13,15H,3,14,16H2,1-2H3. The van der Waals surface area contributed by atoms with Gasteiger partial charge in [-0.05, 0) is 24.1 Å². The van der Waals surface area contributed by atoms with Crippen LogP contribution >= 0.6 is 0 Å². The molecular formula is C27H23N3O3. The Balaban J connectivity index is 1.57. The summed E-state index contributed by atoms with van der Waals surface area (Å²) in [6.45, 7) is 3.02. The van der Waals surface area contributed by atoms with Gasteiger partial charge in [0.05, 0.1) is 19.2 Å². The van der Waals surface area contributed by atoms with Crippen LogP contribution in [0.25, 0.3) is 33.4 Å². The maximum absolute atomic E-state index is 5.67. The number of methoxy groups -OCH3 is 1. The van der Waals surface area contributed by atoms with Crippen LogP contribution in [-0.2, 0) is 13.0 Å². The molecule has 0 saturated heterocycles. The van der Waals surface area contributed by atoms with E-state index in [1.807, 2.05) is 30.3 Å². The Morgan fingerprint density at radius 3 is 2.48 bits per heavy atom. The molecule has 33 heavy (non-hydrogen) atoms. The second-order valence-corrected chi connectivity index (χ2v) is 8.15. The highest BCUT2D eigenvalue weighted by molar-refractivity contribution is 5.99. The molecule has 0 saturated carbocycles. The second-order valence-electron chi connectivity index (χ2n) is 8.15. The van der Waals surface area contributed by atoms with Crippen LogP contribution in [0.15, 0.2) is 66.9 Å². The molecule has 3 aliphatic rings. The second kappa shape index (κ2) is 7.81. The van der Waals surface area contributed by atoms with Crippen molar-refractivity contribution in [3.63, 3.8) is 0 Å². The minimum Gasteiger partial charge on any atom is -0.496 e.